The molecule has 5 nitrogen and oxygen atoms in total. The highest BCUT2D eigenvalue weighted by molar-refractivity contribution is 5.95. The molecule has 2 fully saturated rings. The van der Waals surface area contributed by atoms with Crippen LogP contribution in [0, 0.1) is 6.92 Å². The molecule has 2 aliphatic heterocycles. The normalized spacial score (nSPS) is 31.9. The van der Waals surface area contributed by atoms with Gasteiger partial charge in [-0.15, -0.1) is 0 Å². The summed E-state index contributed by atoms with van der Waals surface area (Å²) < 4.78 is 0. The molecule has 1 amide bonds. The largest absolute Gasteiger partial charge is 0.332 e. The van der Waals surface area contributed by atoms with Gasteiger partial charge >= 0.3 is 0 Å². The van der Waals surface area contributed by atoms with Crippen LogP contribution in [0.15, 0.2) is 6.20 Å². The van der Waals surface area contributed by atoms with E-state index in [1.807, 2.05) is 11.8 Å². The Kier molecular flexibility index (Phi) is 2.43. The molecule has 2 unspecified atom stereocenters. The van der Waals surface area contributed by atoms with E-state index in [1.165, 1.54) is 0 Å². The number of amides is 1. The zero-order chi connectivity index (χ0) is 12.0. The lowest BCUT2D eigenvalue weighted by molar-refractivity contribution is 0.0574. The van der Waals surface area contributed by atoms with Crippen molar-refractivity contribution < 1.29 is 4.79 Å². The van der Waals surface area contributed by atoms with Crippen molar-refractivity contribution in [3.8, 4) is 0 Å². The summed E-state index contributed by atoms with van der Waals surface area (Å²) in [6.07, 6.45) is 5.71. The van der Waals surface area contributed by atoms with E-state index in [9.17, 15) is 4.79 Å². The molecule has 3 rings (SSSR count). The highest BCUT2D eigenvalue weighted by Gasteiger charge is 2.42. The average Bonchev–Trinajstić information content (AvgIpc) is 2.81. The highest BCUT2D eigenvalue weighted by atomic mass is 16.2. The highest BCUT2D eigenvalue weighted by Crippen LogP contribution is 2.36. The van der Waals surface area contributed by atoms with Crippen LogP contribution in [-0.2, 0) is 0 Å². The molecule has 1 aromatic heterocycles. The van der Waals surface area contributed by atoms with Crippen LogP contribution in [0.25, 0.3) is 0 Å². The molecule has 0 spiro atoms. The number of hydrogen-bond acceptors (Lipinski definition) is 3. The first-order valence-electron chi connectivity index (χ1n) is 6.25. The maximum atomic E-state index is 12.5. The van der Waals surface area contributed by atoms with Gasteiger partial charge in [0.25, 0.3) is 5.91 Å². The van der Waals surface area contributed by atoms with Crippen LogP contribution in [0.3, 0.4) is 0 Å². The zero-order valence-electron chi connectivity index (χ0n) is 10.0. The number of H-pyrrole nitrogens is 1. The fourth-order valence-corrected chi connectivity index (χ4v) is 3.26. The van der Waals surface area contributed by atoms with E-state index >= 15 is 0 Å². The summed E-state index contributed by atoms with van der Waals surface area (Å²) in [4.78, 5) is 14.5. The number of carbonyl (C=O) groups excluding carboxylic acids is 1. The standard InChI is InChI=1S/C12H18N4O/c1-7-11(6-14-15-7)12(17)16-9-2-3-10(16)5-8(13)4-9/h6,8-10H,2-5,13H2,1H3,(H,14,15). The number of piperidine rings is 1. The Hall–Kier alpha value is -1.36. The Labute approximate surface area is 100 Å². The van der Waals surface area contributed by atoms with Gasteiger partial charge in [0, 0.05) is 23.8 Å². The number of aromatic amines is 1. The van der Waals surface area contributed by atoms with Gasteiger partial charge in [-0.25, -0.2) is 0 Å². The molecule has 2 saturated heterocycles. The summed E-state index contributed by atoms with van der Waals surface area (Å²) >= 11 is 0. The molecule has 2 aliphatic rings. The number of rotatable bonds is 1. The van der Waals surface area contributed by atoms with Crippen LogP contribution in [0.5, 0.6) is 0 Å². The molecule has 17 heavy (non-hydrogen) atoms. The lowest BCUT2D eigenvalue weighted by Gasteiger charge is -2.37. The van der Waals surface area contributed by atoms with Gasteiger partial charge in [0.2, 0.25) is 0 Å². The molecule has 3 heterocycles. The molecule has 0 aliphatic carbocycles. The molecule has 92 valence electrons. The summed E-state index contributed by atoms with van der Waals surface area (Å²) in [5, 5.41) is 6.75. The van der Waals surface area contributed by atoms with Crippen LogP contribution in [0.2, 0.25) is 0 Å². The van der Waals surface area contributed by atoms with E-state index in [1.54, 1.807) is 6.20 Å². The minimum absolute atomic E-state index is 0.121. The van der Waals surface area contributed by atoms with Crippen LogP contribution in [0.4, 0.5) is 0 Å². The lowest BCUT2D eigenvalue weighted by atomic mass is 9.97. The second kappa shape index (κ2) is 3.84. The van der Waals surface area contributed by atoms with Crippen molar-refractivity contribution in [3.63, 3.8) is 0 Å². The average molecular weight is 234 g/mol. The SMILES string of the molecule is Cc1[nH]ncc1C(=O)N1C2CCC1CC(N)C2. The fourth-order valence-electron chi connectivity index (χ4n) is 3.26. The number of nitrogens with one attached hydrogen (secondary N) is 1. The second-order valence-corrected chi connectivity index (χ2v) is 5.24. The van der Waals surface area contributed by atoms with Crippen molar-refractivity contribution in [3.05, 3.63) is 17.5 Å². The number of aromatic nitrogens is 2. The molecule has 0 radical (unpaired) electrons. The molecule has 2 bridgehead atoms. The predicted octanol–water partition coefficient (Wildman–Crippen LogP) is 0.812. The maximum Gasteiger partial charge on any atom is 0.257 e. The fraction of sp³-hybridized carbons (Fsp3) is 0.667. The summed E-state index contributed by atoms with van der Waals surface area (Å²) in [7, 11) is 0. The van der Waals surface area contributed by atoms with Crippen molar-refractivity contribution in [2.24, 2.45) is 5.73 Å². The Balaban J connectivity index is 1.86. The summed E-state index contributed by atoms with van der Waals surface area (Å²) in [6.45, 7) is 1.89. The van der Waals surface area contributed by atoms with Crippen LogP contribution < -0.4 is 5.73 Å². The van der Waals surface area contributed by atoms with E-state index in [2.05, 4.69) is 10.2 Å². The lowest BCUT2D eigenvalue weighted by Crippen LogP contribution is -2.50. The van der Waals surface area contributed by atoms with Gasteiger partial charge in [-0.05, 0) is 32.6 Å². The molecule has 2 atom stereocenters. The zero-order valence-corrected chi connectivity index (χ0v) is 10.0. The van der Waals surface area contributed by atoms with E-state index in [-0.39, 0.29) is 11.9 Å². The predicted molar refractivity (Wildman–Crippen MR) is 63.5 cm³/mol. The van der Waals surface area contributed by atoms with Gasteiger partial charge in [-0.1, -0.05) is 0 Å². The number of nitrogens with two attached hydrogens (primary N) is 1. The first-order chi connectivity index (χ1) is 8.16. The topological polar surface area (TPSA) is 75.0 Å². The van der Waals surface area contributed by atoms with Gasteiger partial charge in [0.05, 0.1) is 11.8 Å². The number of nitrogens with zero attached hydrogens (tertiary/aromatic N) is 2. The molecular weight excluding hydrogens is 216 g/mol. The summed E-state index contributed by atoms with van der Waals surface area (Å²) in [6, 6.07) is 0.943. The Morgan fingerprint density at radius 2 is 2.12 bits per heavy atom. The number of fused-ring (bicyclic) bond motifs is 2. The maximum absolute atomic E-state index is 12.5. The molecule has 0 aromatic carbocycles. The third-order valence-corrected chi connectivity index (χ3v) is 4.06. The minimum atomic E-state index is 0.121. The third-order valence-electron chi connectivity index (χ3n) is 4.06. The molecule has 0 saturated carbocycles. The summed E-state index contributed by atoms with van der Waals surface area (Å²) in [5.74, 6) is 0.121. The minimum Gasteiger partial charge on any atom is -0.332 e. The first-order valence-corrected chi connectivity index (χ1v) is 6.25. The van der Waals surface area contributed by atoms with E-state index in [0.29, 0.717) is 17.6 Å². The second-order valence-electron chi connectivity index (χ2n) is 5.24. The van der Waals surface area contributed by atoms with Crippen molar-refractivity contribution in [1.29, 1.82) is 0 Å². The summed E-state index contributed by atoms with van der Waals surface area (Å²) in [5.41, 5.74) is 7.57. The molecular formula is C12H18N4O. The molecule has 5 heteroatoms. The van der Waals surface area contributed by atoms with E-state index < -0.39 is 0 Å². The van der Waals surface area contributed by atoms with Crippen LogP contribution >= 0.6 is 0 Å². The van der Waals surface area contributed by atoms with Crippen molar-refractivity contribution in [2.45, 2.75) is 50.7 Å². The Bertz CT molecular complexity index is 427. The van der Waals surface area contributed by atoms with Crippen molar-refractivity contribution in [2.75, 3.05) is 0 Å². The van der Waals surface area contributed by atoms with Gasteiger partial charge in [0.1, 0.15) is 0 Å². The van der Waals surface area contributed by atoms with Gasteiger partial charge < -0.3 is 10.6 Å². The van der Waals surface area contributed by atoms with Crippen LogP contribution in [-0.4, -0.2) is 39.1 Å². The third kappa shape index (κ3) is 1.65. The number of aryl methyl sites for hydroxylation is 1. The first kappa shape index (κ1) is 10.8. The number of hydrogen-bond donors (Lipinski definition) is 2. The quantitative estimate of drug-likeness (QED) is 0.755. The van der Waals surface area contributed by atoms with Gasteiger partial charge in [-0.3, -0.25) is 9.89 Å². The van der Waals surface area contributed by atoms with Crippen molar-refractivity contribution in [1.82, 2.24) is 15.1 Å². The number of carbonyl (C=O) groups is 1. The van der Waals surface area contributed by atoms with E-state index in [4.69, 9.17) is 5.73 Å². The molecule has 3 N–H and O–H groups in total. The Morgan fingerprint density at radius 1 is 1.47 bits per heavy atom. The smallest absolute Gasteiger partial charge is 0.257 e. The van der Waals surface area contributed by atoms with Crippen LogP contribution in [0.1, 0.15) is 41.7 Å². The van der Waals surface area contributed by atoms with Gasteiger partial charge in [-0.2, -0.15) is 5.10 Å². The van der Waals surface area contributed by atoms with Gasteiger partial charge in [0.15, 0.2) is 0 Å². The molecule has 1 aromatic rings. The Morgan fingerprint density at radius 3 is 2.65 bits per heavy atom. The van der Waals surface area contributed by atoms with E-state index in [0.717, 1.165) is 31.4 Å². The monoisotopic (exact) mass is 234 g/mol. The van der Waals surface area contributed by atoms with Crippen molar-refractivity contribution >= 4 is 5.91 Å².